The number of aromatic nitrogens is 2. The molecule has 2 aromatic heterocycles. The third kappa shape index (κ3) is 4.22. The average Bonchev–Trinajstić information content (AvgIpc) is 3.13. The molecule has 0 bridgehead atoms. The lowest BCUT2D eigenvalue weighted by molar-refractivity contribution is -0.123. The number of benzene rings is 1. The van der Waals surface area contributed by atoms with Crippen LogP contribution in [0.5, 0.6) is 11.5 Å². The Kier molecular flexibility index (Phi) is 5.68. The molecule has 0 spiro atoms. The molecule has 1 amide bonds. The largest absolute Gasteiger partial charge is 0.496 e. The summed E-state index contributed by atoms with van der Waals surface area (Å²) >= 11 is 0. The normalized spacial score (nSPS) is 11.4. The van der Waals surface area contributed by atoms with Crippen molar-refractivity contribution in [3.8, 4) is 22.8 Å². The number of nitrogens with one attached hydrogen (secondary N) is 1. The topological polar surface area (TPSA) is 81.9 Å². The van der Waals surface area contributed by atoms with E-state index in [1.165, 1.54) is 33.3 Å². The van der Waals surface area contributed by atoms with Crippen LogP contribution >= 0.6 is 0 Å². The third-order valence-electron chi connectivity index (χ3n) is 4.40. The predicted octanol–water partition coefficient (Wildman–Crippen LogP) is 3.51. The number of pyridine rings is 1. The summed E-state index contributed by atoms with van der Waals surface area (Å²) in [7, 11) is 2.60. The Hall–Kier alpha value is -3.56. The molecule has 158 valence electrons. The Morgan fingerprint density at radius 3 is 2.30 bits per heavy atom. The highest BCUT2D eigenvalue weighted by molar-refractivity contribution is 6.00. The van der Waals surface area contributed by atoms with Crippen molar-refractivity contribution in [1.82, 2.24) is 14.7 Å². The van der Waals surface area contributed by atoms with Gasteiger partial charge in [0.1, 0.15) is 29.3 Å². The number of carbonyl (C=O) groups is 2. The fraction of sp³-hybridized carbons (Fsp3) is 0.250. The van der Waals surface area contributed by atoms with Crippen molar-refractivity contribution in [2.45, 2.75) is 13.1 Å². The highest BCUT2D eigenvalue weighted by Crippen LogP contribution is 2.35. The van der Waals surface area contributed by atoms with Crippen molar-refractivity contribution in [1.29, 1.82) is 0 Å². The highest BCUT2D eigenvalue weighted by Gasteiger charge is 2.30. The van der Waals surface area contributed by atoms with Gasteiger partial charge < -0.3 is 14.8 Å². The molecule has 0 aliphatic heterocycles. The minimum atomic E-state index is -4.55. The molecule has 1 N–H and O–H groups in total. The molecule has 3 rings (SSSR count). The van der Waals surface area contributed by atoms with Crippen LogP contribution in [0, 0.1) is 0 Å². The number of ketones is 1. The van der Waals surface area contributed by atoms with Crippen LogP contribution in [0.15, 0.2) is 36.7 Å². The summed E-state index contributed by atoms with van der Waals surface area (Å²) < 4.78 is 49.6. The van der Waals surface area contributed by atoms with Crippen molar-refractivity contribution in [3.63, 3.8) is 0 Å². The van der Waals surface area contributed by atoms with Gasteiger partial charge in [0.05, 0.1) is 26.1 Å². The van der Waals surface area contributed by atoms with E-state index in [-0.39, 0.29) is 22.8 Å². The number of imidazole rings is 1. The van der Waals surface area contributed by atoms with Gasteiger partial charge in [-0.05, 0) is 31.2 Å². The SMILES string of the molecule is COc1cc(-c2cnc3cc(C(C)=O)ccn23)cc(OC)c1C(=O)NCC(F)(F)F. The zero-order chi connectivity index (χ0) is 22.1. The number of rotatable bonds is 6. The van der Waals surface area contributed by atoms with Crippen LogP contribution in [-0.2, 0) is 0 Å². The number of ether oxygens (including phenoxy) is 2. The molecular weight excluding hydrogens is 403 g/mol. The molecule has 7 nitrogen and oxygen atoms in total. The number of hydrogen-bond donors (Lipinski definition) is 1. The second-order valence-electron chi connectivity index (χ2n) is 6.40. The Morgan fingerprint density at radius 1 is 1.13 bits per heavy atom. The van der Waals surface area contributed by atoms with E-state index in [9.17, 15) is 22.8 Å². The number of Topliss-reactive ketones (excluding diaryl/α,β-unsaturated/α-hetero) is 1. The molecule has 0 saturated carbocycles. The van der Waals surface area contributed by atoms with Crippen LogP contribution in [0.25, 0.3) is 16.9 Å². The maximum absolute atomic E-state index is 12.5. The van der Waals surface area contributed by atoms with Gasteiger partial charge in [0.15, 0.2) is 5.78 Å². The average molecular weight is 421 g/mol. The quantitative estimate of drug-likeness (QED) is 0.616. The first-order valence-corrected chi connectivity index (χ1v) is 8.74. The molecule has 2 heterocycles. The maximum atomic E-state index is 12.5. The first kappa shape index (κ1) is 21.2. The summed E-state index contributed by atoms with van der Waals surface area (Å²) in [5, 5.41) is 1.82. The van der Waals surface area contributed by atoms with Gasteiger partial charge >= 0.3 is 6.18 Å². The smallest absolute Gasteiger partial charge is 0.405 e. The Balaban J connectivity index is 2.06. The first-order valence-electron chi connectivity index (χ1n) is 8.74. The minimum Gasteiger partial charge on any atom is -0.496 e. The maximum Gasteiger partial charge on any atom is 0.405 e. The van der Waals surface area contributed by atoms with Gasteiger partial charge in [-0.15, -0.1) is 0 Å². The standard InChI is InChI=1S/C20H18F3N3O4/c1-11(27)12-4-5-26-14(9-24-17(26)8-12)13-6-15(29-2)18(16(7-13)30-3)19(28)25-10-20(21,22)23/h4-9H,10H2,1-3H3,(H,25,28). The van der Waals surface area contributed by atoms with Crippen molar-refractivity contribution in [3.05, 3.63) is 47.8 Å². The minimum absolute atomic E-state index is 0.0410. The third-order valence-corrected chi connectivity index (χ3v) is 4.40. The molecule has 0 unspecified atom stereocenters. The number of carbonyl (C=O) groups excluding carboxylic acids is 2. The molecule has 0 aliphatic carbocycles. The Labute approximate surface area is 169 Å². The highest BCUT2D eigenvalue weighted by atomic mass is 19.4. The summed E-state index contributed by atoms with van der Waals surface area (Å²) in [5.41, 5.74) is 2.05. The number of amides is 1. The van der Waals surface area contributed by atoms with Crippen LogP contribution in [-0.4, -0.2) is 48.0 Å². The fourth-order valence-electron chi connectivity index (χ4n) is 2.97. The van der Waals surface area contributed by atoms with Gasteiger partial charge in [-0.3, -0.25) is 14.0 Å². The summed E-state index contributed by atoms with van der Waals surface area (Å²) in [6.07, 6.45) is -1.31. The van der Waals surface area contributed by atoms with Crippen molar-refractivity contribution in [2.75, 3.05) is 20.8 Å². The molecule has 3 aromatic rings. The van der Waals surface area contributed by atoms with Gasteiger partial charge in [-0.25, -0.2) is 4.98 Å². The lowest BCUT2D eigenvalue weighted by Gasteiger charge is -2.16. The molecule has 30 heavy (non-hydrogen) atoms. The summed E-state index contributed by atoms with van der Waals surface area (Å²) in [4.78, 5) is 28.2. The van der Waals surface area contributed by atoms with E-state index in [4.69, 9.17) is 9.47 Å². The van der Waals surface area contributed by atoms with E-state index >= 15 is 0 Å². The number of alkyl halides is 3. The van der Waals surface area contributed by atoms with E-state index < -0.39 is 18.6 Å². The lowest BCUT2D eigenvalue weighted by Crippen LogP contribution is -2.34. The van der Waals surface area contributed by atoms with Gasteiger partial charge in [0, 0.05) is 17.3 Å². The van der Waals surface area contributed by atoms with Crippen LogP contribution in [0.1, 0.15) is 27.6 Å². The number of hydrogen-bond acceptors (Lipinski definition) is 5. The zero-order valence-electron chi connectivity index (χ0n) is 16.3. The second-order valence-corrected chi connectivity index (χ2v) is 6.40. The summed E-state index contributed by atoms with van der Waals surface area (Å²) in [6, 6.07) is 6.30. The molecule has 0 saturated heterocycles. The van der Waals surface area contributed by atoms with Crippen LogP contribution in [0.4, 0.5) is 13.2 Å². The molecule has 0 fully saturated rings. The van der Waals surface area contributed by atoms with Gasteiger partial charge in [-0.2, -0.15) is 13.2 Å². The van der Waals surface area contributed by atoms with Crippen LogP contribution in [0.2, 0.25) is 0 Å². The first-order chi connectivity index (χ1) is 14.1. The number of nitrogens with zero attached hydrogens (tertiary/aromatic N) is 2. The van der Waals surface area contributed by atoms with Crippen LogP contribution in [0.3, 0.4) is 0 Å². The lowest BCUT2D eigenvalue weighted by atomic mass is 10.1. The van der Waals surface area contributed by atoms with Gasteiger partial charge in [0.2, 0.25) is 0 Å². The Bertz CT molecular complexity index is 1100. The fourth-order valence-corrected chi connectivity index (χ4v) is 2.97. The molecule has 0 aliphatic rings. The number of halogens is 3. The van der Waals surface area contributed by atoms with Crippen molar-refractivity contribution >= 4 is 17.3 Å². The summed E-state index contributed by atoms with van der Waals surface area (Å²) in [6.45, 7) is -0.0282. The van der Waals surface area contributed by atoms with E-state index in [2.05, 4.69) is 4.98 Å². The second kappa shape index (κ2) is 8.05. The van der Waals surface area contributed by atoms with E-state index in [0.29, 0.717) is 22.5 Å². The summed E-state index contributed by atoms with van der Waals surface area (Å²) in [5.74, 6) is -0.991. The van der Waals surface area contributed by atoms with Crippen molar-refractivity contribution in [2.24, 2.45) is 0 Å². The van der Waals surface area contributed by atoms with Gasteiger partial charge in [0.25, 0.3) is 5.91 Å². The molecule has 10 heteroatoms. The Morgan fingerprint density at radius 2 is 1.77 bits per heavy atom. The molecular formula is C20H18F3N3O4. The van der Waals surface area contributed by atoms with Crippen molar-refractivity contribution < 1.29 is 32.2 Å². The van der Waals surface area contributed by atoms with Gasteiger partial charge in [-0.1, -0.05) is 0 Å². The van der Waals surface area contributed by atoms with Crippen LogP contribution < -0.4 is 14.8 Å². The predicted molar refractivity (Wildman–Crippen MR) is 102 cm³/mol. The van der Waals surface area contributed by atoms with E-state index in [1.54, 1.807) is 28.9 Å². The number of fused-ring (bicyclic) bond motifs is 1. The van der Waals surface area contributed by atoms with E-state index in [1.807, 2.05) is 5.32 Å². The molecule has 0 atom stereocenters. The van der Waals surface area contributed by atoms with E-state index in [0.717, 1.165) is 0 Å². The molecule has 1 aromatic carbocycles. The number of methoxy groups -OCH3 is 2. The zero-order valence-corrected chi connectivity index (χ0v) is 16.3. The molecule has 0 radical (unpaired) electrons. The monoisotopic (exact) mass is 421 g/mol.